The van der Waals surface area contributed by atoms with Crippen LogP contribution in [0.15, 0.2) is 18.2 Å². The zero-order valence-corrected chi connectivity index (χ0v) is 11.4. The summed E-state index contributed by atoms with van der Waals surface area (Å²) in [6, 6.07) is 2.43. The lowest BCUT2D eigenvalue weighted by Crippen LogP contribution is -2.46. The molecule has 2 atom stereocenters. The van der Waals surface area contributed by atoms with Crippen LogP contribution in [0.3, 0.4) is 0 Å². The molecule has 1 aromatic rings. The number of carbonyl (C=O) groups is 1. The molecule has 1 amide bonds. The molecule has 0 aliphatic carbocycles. The van der Waals surface area contributed by atoms with Gasteiger partial charge in [-0.15, -0.1) is 0 Å². The number of carbonyl (C=O) groups excluding carboxylic acids is 1. The van der Waals surface area contributed by atoms with Crippen LogP contribution in [0.25, 0.3) is 0 Å². The van der Waals surface area contributed by atoms with E-state index in [1.807, 2.05) is 6.92 Å². The number of amides is 1. The van der Waals surface area contributed by atoms with E-state index >= 15 is 0 Å². The fourth-order valence-electron chi connectivity index (χ4n) is 2.42. The number of piperidine rings is 1. The molecule has 1 heterocycles. The van der Waals surface area contributed by atoms with Crippen LogP contribution in [0.1, 0.15) is 35.7 Å². The largest absolute Gasteiger partial charge is 0.419 e. The standard InChI is InChI=1S/C14H16F4N2O/c1-8-6-10(4-5-19-8)20-13(21)9-2-3-12(15)11(7-9)14(16,17)18/h2-3,7-8,10,19H,4-6H2,1H3,(H,20,21). The van der Waals surface area contributed by atoms with E-state index in [4.69, 9.17) is 0 Å². The Morgan fingerprint density at radius 1 is 1.38 bits per heavy atom. The summed E-state index contributed by atoms with van der Waals surface area (Å²) in [7, 11) is 0. The smallest absolute Gasteiger partial charge is 0.349 e. The molecule has 1 aromatic carbocycles. The molecule has 7 heteroatoms. The minimum Gasteiger partial charge on any atom is -0.349 e. The Hall–Kier alpha value is -1.63. The summed E-state index contributed by atoms with van der Waals surface area (Å²) in [6.45, 7) is 2.71. The Morgan fingerprint density at radius 2 is 2.10 bits per heavy atom. The Bertz CT molecular complexity index is 530. The quantitative estimate of drug-likeness (QED) is 0.825. The van der Waals surface area contributed by atoms with Gasteiger partial charge < -0.3 is 10.6 Å². The summed E-state index contributed by atoms with van der Waals surface area (Å²) in [5.74, 6) is -1.99. The number of hydrogen-bond donors (Lipinski definition) is 2. The van der Waals surface area contributed by atoms with Crippen LogP contribution in [0.2, 0.25) is 0 Å². The first kappa shape index (κ1) is 15.8. The van der Waals surface area contributed by atoms with Crippen molar-refractivity contribution >= 4 is 5.91 Å². The lowest BCUT2D eigenvalue weighted by atomic mass is 10.00. The van der Waals surface area contributed by atoms with Gasteiger partial charge >= 0.3 is 6.18 Å². The van der Waals surface area contributed by atoms with Crippen LogP contribution in [-0.2, 0) is 6.18 Å². The highest BCUT2D eigenvalue weighted by atomic mass is 19.4. The van der Waals surface area contributed by atoms with E-state index in [1.54, 1.807) is 0 Å². The second-order valence-corrected chi connectivity index (χ2v) is 5.24. The highest BCUT2D eigenvalue weighted by molar-refractivity contribution is 5.94. The summed E-state index contributed by atoms with van der Waals surface area (Å²) in [5.41, 5.74) is -1.61. The number of alkyl halides is 3. The molecule has 1 saturated heterocycles. The number of halogens is 4. The molecule has 3 nitrogen and oxygen atoms in total. The van der Waals surface area contributed by atoms with Crippen molar-refractivity contribution in [2.24, 2.45) is 0 Å². The second-order valence-electron chi connectivity index (χ2n) is 5.24. The summed E-state index contributed by atoms with van der Waals surface area (Å²) >= 11 is 0. The molecular formula is C14H16F4N2O. The molecule has 0 bridgehead atoms. The van der Waals surface area contributed by atoms with Crippen molar-refractivity contribution < 1.29 is 22.4 Å². The zero-order valence-electron chi connectivity index (χ0n) is 11.4. The van der Waals surface area contributed by atoms with Crippen LogP contribution >= 0.6 is 0 Å². The molecule has 0 spiro atoms. The average molecular weight is 304 g/mol. The van der Waals surface area contributed by atoms with E-state index in [0.29, 0.717) is 25.0 Å². The van der Waals surface area contributed by atoms with Crippen molar-refractivity contribution in [3.8, 4) is 0 Å². The number of rotatable bonds is 2. The lowest BCUT2D eigenvalue weighted by molar-refractivity contribution is -0.140. The number of nitrogens with one attached hydrogen (secondary N) is 2. The Labute approximate surface area is 119 Å². The van der Waals surface area contributed by atoms with Crippen LogP contribution in [-0.4, -0.2) is 24.5 Å². The van der Waals surface area contributed by atoms with Gasteiger partial charge in [0, 0.05) is 17.6 Å². The monoisotopic (exact) mass is 304 g/mol. The van der Waals surface area contributed by atoms with Crippen molar-refractivity contribution in [2.45, 2.75) is 38.0 Å². The molecule has 116 valence electrons. The topological polar surface area (TPSA) is 41.1 Å². The van der Waals surface area contributed by atoms with E-state index in [-0.39, 0.29) is 17.6 Å². The average Bonchev–Trinajstić information content (AvgIpc) is 2.37. The molecule has 21 heavy (non-hydrogen) atoms. The molecule has 1 fully saturated rings. The van der Waals surface area contributed by atoms with Crippen LogP contribution in [0.4, 0.5) is 17.6 Å². The van der Waals surface area contributed by atoms with Gasteiger partial charge in [0.2, 0.25) is 0 Å². The normalized spacial score (nSPS) is 22.9. The third-order valence-electron chi connectivity index (χ3n) is 3.49. The van der Waals surface area contributed by atoms with E-state index in [2.05, 4.69) is 10.6 Å². The van der Waals surface area contributed by atoms with E-state index in [1.165, 1.54) is 0 Å². The number of benzene rings is 1. The SMILES string of the molecule is CC1CC(NC(=O)c2ccc(F)c(C(F)(F)F)c2)CCN1. The first-order chi connectivity index (χ1) is 9.77. The van der Waals surface area contributed by atoms with Gasteiger partial charge in [0.05, 0.1) is 5.56 Å². The fourth-order valence-corrected chi connectivity index (χ4v) is 2.42. The highest BCUT2D eigenvalue weighted by Gasteiger charge is 2.34. The Morgan fingerprint density at radius 3 is 2.71 bits per heavy atom. The fraction of sp³-hybridized carbons (Fsp3) is 0.500. The van der Waals surface area contributed by atoms with Crippen LogP contribution in [0.5, 0.6) is 0 Å². The van der Waals surface area contributed by atoms with Crippen LogP contribution < -0.4 is 10.6 Å². The molecule has 0 saturated carbocycles. The van der Waals surface area contributed by atoms with Crippen LogP contribution in [0, 0.1) is 5.82 Å². The molecule has 0 radical (unpaired) electrons. The molecule has 2 rings (SSSR count). The third-order valence-corrected chi connectivity index (χ3v) is 3.49. The van der Waals surface area contributed by atoms with Gasteiger partial charge in [-0.1, -0.05) is 0 Å². The van der Waals surface area contributed by atoms with Gasteiger partial charge in [-0.2, -0.15) is 13.2 Å². The molecule has 1 aliphatic rings. The van der Waals surface area contributed by atoms with E-state index in [0.717, 1.165) is 12.6 Å². The Kier molecular flexibility index (Phi) is 4.51. The van der Waals surface area contributed by atoms with E-state index < -0.39 is 23.5 Å². The summed E-state index contributed by atoms with van der Waals surface area (Å²) < 4.78 is 51.0. The zero-order chi connectivity index (χ0) is 15.6. The predicted molar refractivity (Wildman–Crippen MR) is 69.4 cm³/mol. The summed E-state index contributed by atoms with van der Waals surface area (Å²) in [6.07, 6.45) is -3.40. The predicted octanol–water partition coefficient (Wildman–Crippen LogP) is 2.71. The summed E-state index contributed by atoms with van der Waals surface area (Å²) in [5, 5.41) is 5.91. The van der Waals surface area contributed by atoms with Crippen molar-refractivity contribution in [3.63, 3.8) is 0 Å². The number of hydrogen-bond acceptors (Lipinski definition) is 2. The lowest BCUT2D eigenvalue weighted by Gasteiger charge is -2.28. The van der Waals surface area contributed by atoms with Gasteiger partial charge in [-0.05, 0) is 44.5 Å². The van der Waals surface area contributed by atoms with Gasteiger partial charge in [0.15, 0.2) is 0 Å². The van der Waals surface area contributed by atoms with Crippen molar-refractivity contribution in [1.82, 2.24) is 10.6 Å². The van der Waals surface area contributed by atoms with Crippen molar-refractivity contribution in [2.75, 3.05) is 6.54 Å². The maximum absolute atomic E-state index is 13.2. The molecular weight excluding hydrogens is 288 g/mol. The maximum atomic E-state index is 13.2. The maximum Gasteiger partial charge on any atom is 0.419 e. The first-order valence-electron chi connectivity index (χ1n) is 6.68. The van der Waals surface area contributed by atoms with Gasteiger partial charge in [0.1, 0.15) is 5.82 Å². The minimum atomic E-state index is -4.82. The molecule has 0 aromatic heterocycles. The second kappa shape index (κ2) is 6.01. The minimum absolute atomic E-state index is 0.0897. The molecule has 2 N–H and O–H groups in total. The van der Waals surface area contributed by atoms with Crippen molar-refractivity contribution in [1.29, 1.82) is 0 Å². The molecule has 2 unspecified atom stereocenters. The van der Waals surface area contributed by atoms with Crippen molar-refractivity contribution in [3.05, 3.63) is 35.1 Å². The van der Waals surface area contributed by atoms with E-state index in [9.17, 15) is 22.4 Å². The highest BCUT2D eigenvalue weighted by Crippen LogP contribution is 2.31. The third kappa shape index (κ3) is 3.93. The first-order valence-corrected chi connectivity index (χ1v) is 6.68. The summed E-state index contributed by atoms with van der Waals surface area (Å²) in [4.78, 5) is 12.0. The van der Waals surface area contributed by atoms with Gasteiger partial charge in [-0.3, -0.25) is 4.79 Å². The molecule has 1 aliphatic heterocycles. The Balaban J connectivity index is 2.12. The van der Waals surface area contributed by atoms with Gasteiger partial charge in [0.25, 0.3) is 5.91 Å². The van der Waals surface area contributed by atoms with Gasteiger partial charge in [-0.25, -0.2) is 4.39 Å².